The summed E-state index contributed by atoms with van der Waals surface area (Å²) < 4.78 is 0. The number of hydrogen-bond acceptors (Lipinski definition) is 2. The van der Waals surface area contributed by atoms with E-state index in [1.165, 1.54) is 32.2 Å². The van der Waals surface area contributed by atoms with Crippen molar-refractivity contribution in [1.82, 2.24) is 4.90 Å². The SMILES string of the molecule is CC1CCC(CN)CN1Cc1ccccc1C1CC1. The summed E-state index contributed by atoms with van der Waals surface area (Å²) in [4.78, 5) is 2.64. The van der Waals surface area contributed by atoms with Crippen molar-refractivity contribution in [2.24, 2.45) is 11.7 Å². The van der Waals surface area contributed by atoms with Gasteiger partial charge in [-0.25, -0.2) is 0 Å². The molecule has 104 valence electrons. The van der Waals surface area contributed by atoms with Gasteiger partial charge < -0.3 is 5.73 Å². The normalized spacial score (nSPS) is 28.5. The molecule has 0 bridgehead atoms. The first-order chi connectivity index (χ1) is 9.28. The number of likely N-dealkylation sites (tertiary alicyclic amines) is 1. The molecule has 1 saturated heterocycles. The van der Waals surface area contributed by atoms with Crippen LogP contribution in [0, 0.1) is 5.92 Å². The molecule has 2 aliphatic rings. The van der Waals surface area contributed by atoms with Crippen molar-refractivity contribution in [1.29, 1.82) is 0 Å². The molecule has 2 heteroatoms. The number of rotatable bonds is 4. The van der Waals surface area contributed by atoms with Crippen LogP contribution in [0.4, 0.5) is 0 Å². The van der Waals surface area contributed by atoms with Crippen molar-refractivity contribution in [3.8, 4) is 0 Å². The maximum atomic E-state index is 5.87. The largest absolute Gasteiger partial charge is 0.330 e. The minimum atomic E-state index is 0.698. The molecule has 0 radical (unpaired) electrons. The Kier molecular flexibility index (Phi) is 3.90. The highest BCUT2D eigenvalue weighted by atomic mass is 15.2. The second-order valence-corrected chi connectivity index (χ2v) is 6.43. The fourth-order valence-corrected chi connectivity index (χ4v) is 3.36. The van der Waals surface area contributed by atoms with Gasteiger partial charge in [0.25, 0.3) is 0 Å². The second kappa shape index (κ2) is 5.64. The summed E-state index contributed by atoms with van der Waals surface area (Å²) in [6, 6.07) is 9.75. The van der Waals surface area contributed by atoms with Crippen LogP contribution in [0.3, 0.4) is 0 Å². The molecule has 1 aromatic carbocycles. The Balaban J connectivity index is 1.72. The van der Waals surface area contributed by atoms with Gasteiger partial charge in [-0.15, -0.1) is 0 Å². The van der Waals surface area contributed by atoms with Crippen molar-refractivity contribution >= 4 is 0 Å². The summed E-state index contributed by atoms with van der Waals surface area (Å²) in [5.74, 6) is 1.55. The Morgan fingerprint density at radius 1 is 1.16 bits per heavy atom. The van der Waals surface area contributed by atoms with Crippen LogP contribution < -0.4 is 5.73 Å². The molecule has 0 spiro atoms. The highest BCUT2D eigenvalue weighted by Crippen LogP contribution is 2.42. The Hall–Kier alpha value is -0.860. The minimum Gasteiger partial charge on any atom is -0.330 e. The number of nitrogens with zero attached hydrogens (tertiary/aromatic N) is 1. The summed E-state index contributed by atoms with van der Waals surface area (Å²) in [7, 11) is 0. The predicted octanol–water partition coefficient (Wildman–Crippen LogP) is 3.12. The molecular formula is C17H26N2. The highest BCUT2D eigenvalue weighted by Gasteiger charge is 2.28. The van der Waals surface area contributed by atoms with E-state index in [0.29, 0.717) is 12.0 Å². The number of hydrogen-bond donors (Lipinski definition) is 1. The molecule has 2 N–H and O–H groups in total. The van der Waals surface area contributed by atoms with E-state index in [0.717, 1.165) is 19.0 Å². The lowest BCUT2D eigenvalue weighted by Crippen LogP contribution is -2.43. The van der Waals surface area contributed by atoms with Crippen molar-refractivity contribution < 1.29 is 0 Å². The third kappa shape index (κ3) is 3.01. The minimum absolute atomic E-state index is 0.698. The molecule has 1 aromatic rings. The molecule has 1 heterocycles. The van der Waals surface area contributed by atoms with Crippen LogP contribution >= 0.6 is 0 Å². The molecular weight excluding hydrogens is 232 g/mol. The maximum Gasteiger partial charge on any atom is 0.0239 e. The molecule has 2 fully saturated rings. The number of piperidine rings is 1. The molecule has 1 aliphatic heterocycles. The van der Waals surface area contributed by atoms with Crippen LogP contribution in [-0.4, -0.2) is 24.0 Å². The van der Waals surface area contributed by atoms with Crippen molar-refractivity contribution in [2.45, 2.75) is 51.1 Å². The zero-order chi connectivity index (χ0) is 13.2. The maximum absolute atomic E-state index is 5.87. The fraction of sp³-hybridized carbons (Fsp3) is 0.647. The van der Waals surface area contributed by atoms with E-state index in [2.05, 4.69) is 36.1 Å². The van der Waals surface area contributed by atoms with Crippen LogP contribution in [0.2, 0.25) is 0 Å². The van der Waals surface area contributed by atoms with E-state index in [1.54, 1.807) is 11.1 Å². The Morgan fingerprint density at radius 2 is 1.95 bits per heavy atom. The molecule has 3 rings (SSSR count). The predicted molar refractivity (Wildman–Crippen MR) is 80.1 cm³/mol. The van der Waals surface area contributed by atoms with Gasteiger partial charge in [0.2, 0.25) is 0 Å². The lowest BCUT2D eigenvalue weighted by molar-refractivity contribution is 0.113. The molecule has 0 aromatic heterocycles. The zero-order valence-electron chi connectivity index (χ0n) is 12.0. The van der Waals surface area contributed by atoms with Gasteiger partial charge in [-0.2, -0.15) is 0 Å². The third-order valence-corrected chi connectivity index (χ3v) is 4.89. The van der Waals surface area contributed by atoms with Gasteiger partial charge in [0.1, 0.15) is 0 Å². The average Bonchev–Trinajstić information content (AvgIpc) is 3.26. The molecule has 0 amide bonds. The van der Waals surface area contributed by atoms with Gasteiger partial charge in [-0.3, -0.25) is 4.90 Å². The van der Waals surface area contributed by atoms with Crippen molar-refractivity contribution in [3.63, 3.8) is 0 Å². The van der Waals surface area contributed by atoms with Gasteiger partial charge in [0.05, 0.1) is 0 Å². The van der Waals surface area contributed by atoms with Crippen LogP contribution in [-0.2, 0) is 6.54 Å². The Labute approximate surface area is 117 Å². The van der Waals surface area contributed by atoms with Crippen LogP contribution in [0.25, 0.3) is 0 Å². The zero-order valence-corrected chi connectivity index (χ0v) is 12.0. The fourth-order valence-electron chi connectivity index (χ4n) is 3.36. The van der Waals surface area contributed by atoms with Gasteiger partial charge in [-0.1, -0.05) is 24.3 Å². The Bertz CT molecular complexity index is 425. The number of nitrogens with two attached hydrogens (primary N) is 1. The highest BCUT2D eigenvalue weighted by molar-refractivity contribution is 5.33. The summed E-state index contributed by atoms with van der Waals surface area (Å²) in [6.07, 6.45) is 5.38. The van der Waals surface area contributed by atoms with Gasteiger partial charge in [0.15, 0.2) is 0 Å². The Morgan fingerprint density at radius 3 is 2.68 bits per heavy atom. The first kappa shape index (κ1) is 13.1. The standard InChI is InChI=1S/C17H26N2/c1-13-6-7-14(10-18)11-19(13)12-16-4-2-3-5-17(16)15-8-9-15/h2-5,13-15H,6-12,18H2,1H3. The van der Waals surface area contributed by atoms with Gasteiger partial charge in [-0.05, 0) is 62.1 Å². The van der Waals surface area contributed by atoms with Crippen molar-refractivity contribution in [2.75, 3.05) is 13.1 Å². The van der Waals surface area contributed by atoms with E-state index in [9.17, 15) is 0 Å². The number of benzene rings is 1. The van der Waals surface area contributed by atoms with Crippen molar-refractivity contribution in [3.05, 3.63) is 35.4 Å². The van der Waals surface area contributed by atoms with E-state index < -0.39 is 0 Å². The van der Waals surface area contributed by atoms with E-state index >= 15 is 0 Å². The lowest BCUT2D eigenvalue weighted by Gasteiger charge is -2.38. The third-order valence-electron chi connectivity index (χ3n) is 4.89. The molecule has 2 unspecified atom stereocenters. The van der Waals surface area contributed by atoms with Crippen LogP contribution in [0.5, 0.6) is 0 Å². The van der Waals surface area contributed by atoms with Crippen LogP contribution in [0.1, 0.15) is 49.7 Å². The molecule has 2 atom stereocenters. The molecule has 1 saturated carbocycles. The molecule has 1 aliphatic carbocycles. The summed E-state index contributed by atoms with van der Waals surface area (Å²) in [5, 5.41) is 0. The topological polar surface area (TPSA) is 29.3 Å². The second-order valence-electron chi connectivity index (χ2n) is 6.43. The first-order valence-electron chi connectivity index (χ1n) is 7.80. The lowest BCUT2D eigenvalue weighted by atomic mass is 9.92. The first-order valence-corrected chi connectivity index (χ1v) is 7.80. The monoisotopic (exact) mass is 258 g/mol. The summed E-state index contributed by atoms with van der Waals surface area (Å²) in [6.45, 7) is 5.50. The van der Waals surface area contributed by atoms with Gasteiger partial charge >= 0.3 is 0 Å². The summed E-state index contributed by atoms with van der Waals surface area (Å²) >= 11 is 0. The summed E-state index contributed by atoms with van der Waals surface area (Å²) in [5.41, 5.74) is 9.02. The average molecular weight is 258 g/mol. The molecule has 2 nitrogen and oxygen atoms in total. The quantitative estimate of drug-likeness (QED) is 0.899. The van der Waals surface area contributed by atoms with Gasteiger partial charge in [0, 0.05) is 19.1 Å². The molecule has 19 heavy (non-hydrogen) atoms. The van der Waals surface area contributed by atoms with Crippen LogP contribution in [0.15, 0.2) is 24.3 Å². The smallest absolute Gasteiger partial charge is 0.0239 e. The van der Waals surface area contributed by atoms with E-state index in [4.69, 9.17) is 5.73 Å². The van der Waals surface area contributed by atoms with E-state index in [1.807, 2.05) is 0 Å². The van der Waals surface area contributed by atoms with E-state index in [-0.39, 0.29) is 0 Å².